The van der Waals surface area contributed by atoms with E-state index < -0.39 is 11.4 Å². The van der Waals surface area contributed by atoms with Gasteiger partial charge in [0.25, 0.3) is 0 Å². The summed E-state index contributed by atoms with van der Waals surface area (Å²) in [6.45, 7) is 4.97. The largest absolute Gasteiger partial charge is 0.468 e. The van der Waals surface area contributed by atoms with Crippen LogP contribution in [0.5, 0.6) is 0 Å². The molecule has 0 saturated heterocycles. The normalized spacial score (nSPS) is 22.9. The van der Waals surface area contributed by atoms with Gasteiger partial charge in [-0.05, 0) is 25.7 Å². The second kappa shape index (κ2) is 5.25. The predicted molar refractivity (Wildman–Crippen MR) is 62.3 cm³/mol. The quantitative estimate of drug-likeness (QED) is 0.415. The van der Waals surface area contributed by atoms with Gasteiger partial charge in [0.15, 0.2) is 0 Å². The number of hydrogen-bond acceptors (Lipinski definition) is 4. The Morgan fingerprint density at radius 3 is 2.59 bits per heavy atom. The fraction of sp³-hybridized carbons (Fsp3) is 0.615. The van der Waals surface area contributed by atoms with Gasteiger partial charge in [-0.25, -0.2) is 0 Å². The summed E-state index contributed by atoms with van der Waals surface area (Å²) in [4.78, 5) is 35.2. The Balaban J connectivity index is 3.14. The highest BCUT2D eigenvalue weighted by Gasteiger charge is 2.51. The molecule has 1 saturated carbocycles. The Bertz CT molecular complexity index is 358. The fourth-order valence-electron chi connectivity index (χ4n) is 2.64. The number of allylic oxidation sites excluding steroid dienone is 1. The zero-order valence-electron chi connectivity index (χ0n) is 10.3. The molecule has 1 aliphatic carbocycles. The van der Waals surface area contributed by atoms with Crippen molar-refractivity contribution in [2.45, 2.75) is 32.6 Å². The van der Waals surface area contributed by atoms with E-state index in [0.29, 0.717) is 12.8 Å². The summed E-state index contributed by atoms with van der Waals surface area (Å²) in [7, 11) is 1.26. The van der Waals surface area contributed by atoms with Gasteiger partial charge in [0, 0.05) is 12.8 Å². The van der Waals surface area contributed by atoms with Gasteiger partial charge in [-0.15, -0.1) is 6.58 Å². The first-order chi connectivity index (χ1) is 7.98. The second-order valence-electron chi connectivity index (χ2n) is 4.49. The van der Waals surface area contributed by atoms with Crippen LogP contribution < -0.4 is 0 Å². The molecule has 0 aliphatic heterocycles. The number of esters is 1. The van der Waals surface area contributed by atoms with Gasteiger partial charge in [0.2, 0.25) is 0 Å². The van der Waals surface area contributed by atoms with Crippen molar-refractivity contribution in [1.82, 2.24) is 0 Å². The van der Waals surface area contributed by atoms with E-state index in [1.807, 2.05) is 0 Å². The molecule has 4 heteroatoms. The molecule has 0 unspecified atom stereocenters. The number of hydrogen-bond donors (Lipinski definition) is 0. The average molecular weight is 238 g/mol. The summed E-state index contributed by atoms with van der Waals surface area (Å²) in [6, 6.07) is 0. The van der Waals surface area contributed by atoms with Crippen LogP contribution in [0.4, 0.5) is 0 Å². The van der Waals surface area contributed by atoms with Crippen LogP contribution in [-0.2, 0) is 19.1 Å². The van der Waals surface area contributed by atoms with Crippen molar-refractivity contribution in [3.05, 3.63) is 12.7 Å². The standard InChI is InChI=1S/C13H18O4/c1-4-7-13(9(2)14,12(16)17-3)10-5-6-11(15)8-10/h4,10H,1,5-8H2,2-3H3/t10-,13+/m1/s1. The maximum absolute atomic E-state index is 12.0. The van der Waals surface area contributed by atoms with Crippen molar-refractivity contribution in [2.24, 2.45) is 11.3 Å². The van der Waals surface area contributed by atoms with Crippen LogP contribution >= 0.6 is 0 Å². The van der Waals surface area contributed by atoms with Crippen LogP contribution in [0.2, 0.25) is 0 Å². The molecule has 0 radical (unpaired) electrons. The lowest BCUT2D eigenvalue weighted by Crippen LogP contribution is -2.44. The van der Waals surface area contributed by atoms with Crippen molar-refractivity contribution in [3.8, 4) is 0 Å². The molecule has 0 amide bonds. The molecule has 0 N–H and O–H groups in total. The lowest BCUT2D eigenvalue weighted by atomic mass is 9.69. The second-order valence-corrected chi connectivity index (χ2v) is 4.49. The molecule has 1 fully saturated rings. The molecular formula is C13H18O4. The van der Waals surface area contributed by atoms with Crippen molar-refractivity contribution < 1.29 is 19.1 Å². The van der Waals surface area contributed by atoms with Crippen LogP contribution in [0, 0.1) is 11.3 Å². The Kier molecular flexibility index (Phi) is 4.21. The van der Waals surface area contributed by atoms with E-state index in [2.05, 4.69) is 6.58 Å². The molecule has 1 aliphatic rings. The molecule has 0 aromatic rings. The van der Waals surface area contributed by atoms with Gasteiger partial charge in [-0.3, -0.25) is 14.4 Å². The molecule has 0 heterocycles. The van der Waals surface area contributed by atoms with Gasteiger partial charge in [0.05, 0.1) is 7.11 Å². The first kappa shape index (κ1) is 13.6. The minimum atomic E-state index is -1.22. The number of carbonyl (C=O) groups is 3. The molecule has 0 aromatic heterocycles. The SMILES string of the molecule is C=CC[C@@](C(C)=O)(C(=O)OC)[C@@H]1CCC(=O)C1. The lowest BCUT2D eigenvalue weighted by molar-refractivity contribution is -0.161. The molecule has 1 rings (SSSR count). The van der Waals surface area contributed by atoms with Crippen LogP contribution in [-0.4, -0.2) is 24.6 Å². The number of methoxy groups -OCH3 is 1. The zero-order chi connectivity index (χ0) is 13.1. The number of carbonyl (C=O) groups excluding carboxylic acids is 3. The summed E-state index contributed by atoms with van der Waals surface area (Å²) in [5, 5.41) is 0. The number of rotatable bonds is 5. The Morgan fingerprint density at radius 1 is 1.59 bits per heavy atom. The van der Waals surface area contributed by atoms with E-state index in [9.17, 15) is 14.4 Å². The van der Waals surface area contributed by atoms with Gasteiger partial charge in [0.1, 0.15) is 17.0 Å². The zero-order valence-corrected chi connectivity index (χ0v) is 10.3. The van der Waals surface area contributed by atoms with Gasteiger partial charge < -0.3 is 4.74 Å². The third kappa shape index (κ3) is 2.30. The third-order valence-corrected chi connectivity index (χ3v) is 3.59. The summed E-state index contributed by atoms with van der Waals surface area (Å²) in [6.07, 6.45) is 3.06. The summed E-state index contributed by atoms with van der Waals surface area (Å²) >= 11 is 0. The van der Waals surface area contributed by atoms with Gasteiger partial charge in [-0.1, -0.05) is 6.08 Å². The maximum Gasteiger partial charge on any atom is 0.319 e. The highest BCUT2D eigenvalue weighted by Crippen LogP contribution is 2.43. The Labute approximate surface area is 101 Å². The molecule has 2 atom stereocenters. The molecule has 0 spiro atoms. The molecule has 0 aromatic carbocycles. The molecule has 4 nitrogen and oxygen atoms in total. The number of Topliss-reactive ketones (excluding diaryl/α,β-unsaturated/α-hetero) is 2. The average Bonchev–Trinajstić information content (AvgIpc) is 2.71. The van der Waals surface area contributed by atoms with Crippen LogP contribution in [0.3, 0.4) is 0 Å². The van der Waals surface area contributed by atoms with Crippen LogP contribution in [0.15, 0.2) is 12.7 Å². The van der Waals surface area contributed by atoms with E-state index in [0.717, 1.165) is 0 Å². The smallest absolute Gasteiger partial charge is 0.319 e. The van der Waals surface area contributed by atoms with E-state index in [1.54, 1.807) is 6.08 Å². The molecule has 17 heavy (non-hydrogen) atoms. The van der Waals surface area contributed by atoms with E-state index >= 15 is 0 Å². The number of ether oxygens (including phenoxy) is 1. The monoisotopic (exact) mass is 238 g/mol. The van der Waals surface area contributed by atoms with Gasteiger partial charge >= 0.3 is 5.97 Å². The van der Waals surface area contributed by atoms with Crippen molar-refractivity contribution >= 4 is 17.5 Å². The van der Waals surface area contributed by atoms with Crippen molar-refractivity contribution in [1.29, 1.82) is 0 Å². The predicted octanol–water partition coefficient (Wildman–Crippen LogP) is 1.68. The summed E-state index contributed by atoms with van der Waals surface area (Å²) < 4.78 is 4.76. The van der Waals surface area contributed by atoms with E-state index in [4.69, 9.17) is 4.74 Å². The highest BCUT2D eigenvalue weighted by atomic mass is 16.5. The Morgan fingerprint density at radius 2 is 2.24 bits per heavy atom. The van der Waals surface area contributed by atoms with Crippen molar-refractivity contribution in [2.75, 3.05) is 7.11 Å². The first-order valence-electron chi connectivity index (χ1n) is 5.71. The van der Waals surface area contributed by atoms with Crippen LogP contribution in [0.25, 0.3) is 0 Å². The minimum Gasteiger partial charge on any atom is -0.468 e. The highest BCUT2D eigenvalue weighted by molar-refractivity contribution is 6.04. The molecular weight excluding hydrogens is 220 g/mol. The maximum atomic E-state index is 12.0. The fourth-order valence-corrected chi connectivity index (χ4v) is 2.64. The number of ketones is 2. The van der Waals surface area contributed by atoms with E-state index in [-0.39, 0.29) is 30.3 Å². The Hall–Kier alpha value is -1.45. The first-order valence-corrected chi connectivity index (χ1v) is 5.71. The lowest BCUT2D eigenvalue weighted by Gasteiger charge is -2.32. The minimum absolute atomic E-state index is 0.105. The van der Waals surface area contributed by atoms with Crippen molar-refractivity contribution in [3.63, 3.8) is 0 Å². The summed E-state index contributed by atoms with van der Waals surface area (Å²) in [5.74, 6) is -0.944. The topological polar surface area (TPSA) is 60.4 Å². The van der Waals surface area contributed by atoms with E-state index in [1.165, 1.54) is 14.0 Å². The molecule has 94 valence electrons. The van der Waals surface area contributed by atoms with Crippen LogP contribution in [0.1, 0.15) is 32.6 Å². The van der Waals surface area contributed by atoms with Gasteiger partial charge in [-0.2, -0.15) is 0 Å². The third-order valence-electron chi connectivity index (χ3n) is 3.59. The summed E-state index contributed by atoms with van der Waals surface area (Å²) in [5.41, 5.74) is -1.22. The molecule has 0 bridgehead atoms.